The number of hydrogen-bond donors (Lipinski definition) is 5. The fourth-order valence-corrected chi connectivity index (χ4v) is 6.93. The summed E-state index contributed by atoms with van der Waals surface area (Å²) < 4.78 is 101. The summed E-state index contributed by atoms with van der Waals surface area (Å²) in [5, 5.41) is 19.4. The van der Waals surface area contributed by atoms with Crippen LogP contribution in [0.15, 0.2) is 73.4 Å². The second-order valence-corrected chi connectivity index (χ2v) is 15.7. The molecule has 0 spiro atoms. The Morgan fingerprint density at radius 3 is 1.93 bits per heavy atom. The molecule has 1 heterocycles. The van der Waals surface area contributed by atoms with Gasteiger partial charge in [0, 0.05) is 27.4 Å². The summed E-state index contributed by atoms with van der Waals surface area (Å²) >= 11 is 0.850. The largest absolute Gasteiger partial charge is 0.389 e. The van der Waals surface area contributed by atoms with Crippen LogP contribution in [0.4, 0.5) is 21.4 Å². The van der Waals surface area contributed by atoms with Gasteiger partial charge in [0.15, 0.2) is 0 Å². The van der Waals surface area contributed by atoms with Gasteiger partial charge in [-0.3, -0.25) is 18.5 Å². The van der Waals surface area contributed by atoms with E-state index in [1.54, 1.807) is 45.0 Å². The quantitative estimate of drug-likeness (QED) is 0.124. The van der Waals surface area contributed by atoms with E-state index in [0.717, 1.165) is 23.5 Å². The number of carbonyl (C=O) groups is 1. The Bertz CT molecular complexity index is 2280. The minimum atomic E-state index is -5.23. The number of hydrogen-bond acceptors (Lipinski definition) is 12. The second-order valence-electron chi connectivity index (χ2n) is 10.5. The molecule has 4 aromatic rings. The van der Waals surface area contributed by atoms with Crippen LogP contribution in [-0.4, -0.2) is 44.8 Å². The van der Waals surface area contributed by atoms with Gasteiger partial charge in [0.2, 0.25) is 5.91 Å². The smallest absolute Gasteiger partial charge is 0.295 e. The molecular formula is C26H23N5O10S4. The number of anilines is 2. The van der Waals surface area contributed by atoms with Crippen LogP contribution in [0.25, 0.3) is 21.9 Å². The van der Waals surface area contributed by atoms with E-state index in [-0.39, 0.29) is 32.7 Å². The van der Waals surface area contributed by atoms with Crippen molar-refractivity contribution in [2.75, 3.05) is 11.1 Å². The highest BCUT2D eigenvalue weighted by Crippen LogP contribution is 2.45. The summed E-state index contributed by atoms with van der Waals surface area (Å²) in [6.45, 7) is 5.24. The van der Waals surface area contributed by atoms with Gasteiger partial charge in [-0.2, -0.15) is 30.5 Å². The molecule has 0 aliphatic rings. The van der Waals surface area contributed by atoms with E-state index < -0.39 is 61.2 Å². The molecule has 0 atom stereocenters. The number of nitrogens with two attached hydrogens (primary N) is 1. The number of nitriles is 1. The molecule has 0 saturated heterocycles. The zero-order valence-corrected chi connectivity index (χ0v) is 26.6. The molecule has 0 saturated carbocycles. The molecule has 236 valence electrons. The molecule has 0 aliphatic heterocycles. The average molecular weight is 694 g/mol. The molecule has 45 heavy (non-hydrogen) atoms. The Labute approximate surface area is 261 Å². The number of nitrogens with zero attached hydrogens (tertiary/aromatic N) is 3. The van der Waals surface area contributed by atoms with Crippen LogP contribution in [0.2, 0.25) is 0 Å². The van der Waals surface area contributed by atoms with Gasteiger partial charge in [0.25, 0.3) is 30.4 Å². The minimum Gasteiger partial charge on any atom is -0.389 e. The summed E-state index contributed by atoms with van der Waals surface area (Å²) in [4.78, 5) is 9.14. The van der Waals surface area contributed by atoms with Gasteiger partial charge < -0.3 is 11.1 Å². The number of thiophene rings is 1. The minimum absolute atomic E-state index is 0.0453. The summed E-state index contributed by atoms with van der Waals surface area (Å²) in [6, 6.07) is 11.0. The molecular weight excluding hydrogens is 671 g/mol. The van der Waals surface area contributed by atoms with Gasteiger partial charge in [0.05, 0.1) is 16.1 Å². The van der Waals surface area contributed by atoms with Crippen molar-refractivity contribution in [3.63, 3.8) is 0 Å². The van der Waals surface area contributed by atoms with Gasteiger partial charge >= 0.3 is 0 Å². The van der Waals surface area contributed by atoms with E-state index in [0.29, 0.717) is 23.4 Å². The molecule has 1 aromatic heterocycles. The van der Waals surface area contributed by atoms with E-state index in [9.17, 15) is 49.0 Å². The predicted molar refractivity (Wildman–Crippen MR) is 165 cm³/mol. The van der Waals surface area contributed by atoms with Crippen LogP contribution in [-0.2, 0) is 35.1 Å². The Morgan fingerprint density at radius 1 is 0.867 bits per heavy atom. The highest BCUT2D eigenvalue weighted by atomic mass is 32.2. The Kier molecular flexibility index (Phi) is 8.64. The maximum absolute atomic E-state index is 12.3. The molecule has 1 amide bonds. The third-order valence-corrected chi connectivity index (χ3v) is 9.73. The number of nitrogen functional groups attached to an aromatic ring is 1. The molecule has 6 N–H and O–H groups in total. The van der Waals surface area contributed by atoms with E-state index >= 15 is 0 Å². The van der Waals surface area contributed by atoms with Crippen LogP contribution in [0.1, 0.15) is 26.3 Å². The Balaban J connectivity index is 1.89. The summed E-state index contributed by atoms with van der Waals surface area (Å²) in [6.07, 6.45) is 0. The number of amides is 1. The highest BCUT2D eigenvalue weighted by Gasteiger charge is 2.26. The molecule has 19 heteroatoms. The summed E-state index contributed by atoms with van der Waals surface area (Å²) in [5.41, 5.74) is 6.22. The number of nitrogens with one attached hydrogen (secondary N) is 1. The normalized spacial score (nSPS) is 12.8. The zero-order valence-electron chi connectivity index (χ0n) is 23.4. The Morgan fingerprint density at radius 2 is 1.42 bits per heavy atom. The number of benzene rings is 3. The third kappa shape index (κ3) is 7.18. The van der Waals surface area contributed by atoms with Gasteiger partial charge in [-0.1, -0.05) is 44.2 Å². The molecule has 4 rings (SSSR count). The van der Waals surface area contributed by atoms with Crippen LogP contribution in [0, 0.1) is 16.7 Å². The summed E-state index contributed by atoms with van der Waals surface area (Å²) in [5.74, 6) is -0.228. The maximum atomic E-state index is 12.3. The monoisotopic (exact) mass is 693 g/mol. The lowest BCUT2D eigenvalue weighted by molar-refractivity contribution is -0.123. The highest BCUT2D eigenvalue weighted by molar-refractivity contribution is 7.87. The van der Waals surface area contributed by atoms with Crippen LogP contribution < -0.4 is 11.1 Å². The predicted octanol–water partition coefficient (Wildman–Crippen LogP) is 5.16. The molecule has 15 nitrogen and oxygen atoms in total. The van der Waals surface area contributed by atoms with Gasteiger partial charge in [-0.15, -0.1) is 10.2 Å². The average Bonchev–Trinajstić information content (AvgIpc) is 3.23. The SMILES string of the molecule is CC(C)(C)C(=O)Nc1ccc(-c2c(/N=N/c3cc(S(=O)(=O)O)c4cc(S(=O)(=O)O)cc(S(=O)(=O)O)c4c3)sc(N)c2C#N)cc1. The van der Waals surface area contributed by atoms with Crippen molar-refractivity contribution in [2.45, 2.75) is 35.5 Å². The summed E-state index contributed by atoms with van der Waals surface area (Å²) in [7, 11) is -15.5. The van der Waals surface area contributed by atoms with E-state index in [1.807, 2.05) is 6.07 Å². The molecule has 0 bridgehead atoms. The first-order chi connectivity index (χ1) is 20.6. The van der Waals surface area contributed by atoms with Gasteiger partial charge in [-0.25, -0.2) is 0 Å². The van der Waals surface area contributed by atoms with Crippen molar-refractivity contribution in [3.05, 3.63) is 54.1 Å². The lowest BCUT2D eigenvalue weighted by Crippen LogP contribution is -2.27. The van der Waals surface area contributed by atoms with E-state index in [4.69, 9.17) is 5.73 Å². The van der Waals surface area contributed by atoms with Gasteiger partial charge in [0.1, 0.15) is 25.9 Å². The Hall–Kier alpha value is -4.29. The van der Waals surface area contributed by atoms with E-state index in [1.165, 1.54) is 0 Å². The van der Waals surface area contributed by atoms with Crippen molar-refractivity contribution < 1.29 is 43.7 Å². The topological polar surface area (TPSA) is 267 Å². The molecule has 0 aliphatic carbocycles. The van der Waals surface area contributed by atoms with Gasteiger partial charge in [-0.05, 0) is 42.0 Å². The zero-order chi connectivity index (χ0) is 33.7. The van der Waals surface area contributed by atoms with Crippen molar-refractivity contribution in [2.24, 2.45) is 15.6 Å². The first-order valence-corrected chi connectivity index (χ1v) is 17.4. The fourth-order valence-electron chi connectivity index (χ4n) is 4.02. The number of fused-ring (bicyclic) bond motifs is 1. The fraction of sp³-hybridized carbons (Fsp3) is 0.154. The van der Waals surface area contributed by atoms with Crippen molar-refractivity contribution >= 4 is 79.7 Å². The standard InChI is InChI=1S/C26H23N5O10S4/c1-26(2,3)25(32)29-14-6-4-13(5-7-14)22-19(12-27)23(28)42-24(22)31-30-15-8-17-18(20(9-15)44(36,37)38)10-16(43(33,34)35)11-21(17)45(39,40)41/h4-11H,28H2,1-3H3,(H,29,32)(H,33,34,35)(H,36,37,38)(H,39,40,41)/b31-30+. The molecule has 3 aromatic carbocycles. The van der Waals surface area contributed by atoms with E-state index in [2.05, 4.69) is 15.5 Å². The van der Waals surface area contributed by atoms with Crippen LogP contribution >= 0.6 is 11.3 Å². The van der Waals surface area contributed by atoms with Crippen molar-refractivity contribution in [1.82, 2.24) is 0 Å². The number of rotatable bonds is 7. The number of azo groups is 1. The molecule has 0 fully saturated rings. The maximum Gasteiger partial charge on any atom is 0.295 e. The molecule has 0 radical (unpaired) electrons. The lowest BCUT2D eigenvalue weighted by atomic mass is 9.95. The van der Waals surface area contributed by atoms with Crippen molar-refractivity contribution in [3.8, 4) is 17.2 Å². The second kappa shape index (κ2) is 11.6. The first kappa shape index (κ1) is 33.6. The lowest BCUT2D eigenvalue weighted by Gasteiger charge is -2.17. The molecule has 0 unspecified atom stereocenters. The van der Waals surface area contributed by atoms with Crippen LogP contribution in [0.5, 0.6) is 0 Å². The van der Waals surface area contributed by atoms with Crippen LogP contribution in [0.3, 0.4) is 0 Å². The first-order valence-electron chi connectivity index (χ1n) is 12.3. The third-order valence-electron chi connectivity index (χ3n) is 6.20. The number of carbonyl (C=O) groups excluding carboxylic acids is 1. The van der Waals surface area contributed by atoms with Crippen molar-refractivity contribution in [1.29, 1.82) is 5.26 Å².